The van der Waals surface area contributed by atoms with Gasteiger partial charge in [-0.05, 0) is 43.7 Å². The van der Waals surface area contributed by atoms with Gasteiger partial charge in [0.2, 0.25) is 10.0 Å². The molecule has 1 aliphatic carbocycles. The van der Waals surface area contributed by atoms with Crippen molar-refractivity contribution in [1.82, 2.24) is 4.31 Å². The van der Waals surface area contributed by atoms with E-state index in [4.69, 9.17) is 18.0 Å². The van der Waals surface area contributed by atoms with Gasteiger partial charge in [0.15, 0.2) is 0 Å². The number of rotatable bonds is 3. The zero-order chi connectivity index (χ0) is 15.0. The van der Waals surface area contributed by atoms with E-state index in [9.17, 15) is 8.42 Å². The Morgan fingerprint density at radius 2 is 1.81 bits per heavy atom. The molecule has 21 heavy (non-hydrogen) atoms. The van der Waals surface area contributed by atoms with Crippen molar-refractivity contribution in [2.75, 3.05) is 6.54 Å². The first-order valence-corrected chi connectivity index (χ1v) is 9.27. The Morgan fingerprint density at radius 3 is 2.48 bits per heavy atom. The van der Waals surface area contributed by atoms with Gasteiger partial charge in [-0.2, -0.15) is 4.31 Å². The Kier molecular flexibility index (Phi) is 4.03. The molecule has 3 rings (SSSR count). The lowest BCUT2D eigenvalue weighted by molar-refractivity contribution is 0.202. The second-order valence-corrected chi connectivity index (χ2v) is 8.24. The van der Waals surface area contributed by atoms with Gasteiger partial charge < -0.3 is 5.73 Å². The minimum absolute atomic E-state index is 0.194. The second kappa shape index (κ2) is 5.66. The largest absolute Gasteiger partial charge is 0.389 e. The van der Waals surface area contributed by atoms with Crippen molar-refractivity contribution < 1.29 is 8.42 Å². The van der Waals surface area contributed by atoms with Gasteiger partial charge in [0.1, 0.15) is 4.99 Å². The van der Waals surface area contributed by atoms with Crippen LogP contribution in [-0.2, 0) is 10.0 Å². The lowest BCUT2D eigenvalue weighted by Gasteiger charge is -2.36. The van der Waals surface area contributed by atoms with Gasteiger partial charge >= 0.3 is 0 Å². The fraction of sp³-hybridized carbons (Fsp3) is 0.533. The summed E-state index contributed by atoms with van der Waals surface area (Å²) in [6.07, 6.45) is 5.43. The molecule has 1 aromatic carbocycles. The maximum Gasteiger partial charge on any atom is 0.243 e. The normalized spacial score (nSPS) is 26.5. The molecule has 0 amide bonds. The van der Waals surface area contributed by atoms with Gasteiger partial charge in [-0.3, -0.25) is 0 Å². The van der Waals surface area contributed by atoms with E-state index in [-0.39, 0.29) is 11.0 Å². The topological polar surface area (TPSA) is 63.4 Å². The Labute approximate surface area is 131 Å². The second-order valence-electron chi connectivity index (χ2n) is 5.90. The van der Waals surface area contributed by atoms with E-state index in [1.165, 1.54) is 0 Å². The molecule has 0 spiro atoms. The minimum Gasteiger partial charge on any atom is -0.389 e. The molecule has 114 valence electrons. The van der Waals surface area contributed by atoms with Crippen LogP contribution < -0.4 is 5.73 Å². The summed E-state index contributed by atoms with van der Waals surface area (Å²) in [5.41, 5.74) is 6.25. The smallest absolute Gasteiger partial charge is 0.243 e. The third-order valence-electron chi connectivity index (χ3n) is 4.69. The van der Waals surface area contributed by atoms with Gasteiger partial charge in [-0.1, -0.05) is 30.8 Å². The molecule has 2 atom stereocenters. The van der Waals surface area contributed by atoms with Crippen LogP contribution in [0.4, 0.5) is 0 Å². The van der Waals surface area contributed by atoms with E-state index in [1.54, 1.807) is 28.6 Å². The van der Waals surface area contributed by atoms with Gasteiger partial charge in [-0.25, -0.2) is 8.42 Å². The molecule has 0 aromatic heterocycles. The fourth-order valence-corrected chi connectivity index (χ4v) is 5.52. The van der Waals surface area contributed by atoms with Crippen LogP contribution >= 0.6 is 12.2 Å². The molecule has 1 aromatic rings. The third kappa shape index (κ3) is 2.72. The van der Waals surface area contributed by atoms with Crippen molar-refractivity contribution in [1.29, 1.82) is 0 Å². The van der Waals surface area contributed by atoms with Gasteiger partial charge in [-0.15, -0.1) is 0 Å². The summed E-state index contributed by atoms with van der Waals surface area (Å²) >= 11 is 4.90. The summed E-state index contributed by atoms with van der Waals surface area (Å²) in [4.78, 5) is 0.628. The molecule has 2 N–H and O–H groups in total. The van der Waals surface area contributed by atoms with E-state index in [0.29, 0.717) is 22.9 Å². The average molecular weight is 324 g/mol. The Hall–Kier alpha value is -0.980. The van der Waals surface area contributed by atoms with E-state index < -0.39 is 10.0 Å². The lowest BCUT2D eigenvalue weighted by Crippen LogP contribution is -2.46. The molecule has 0 radical (unpaired) electrons. The van der Waals surface area contributed by atoms with E-state index in [0.717, 1.165) is 32.1 Å². The zero-order valence-corrected chi connectivity index (χ0v) is 13.5. The predicted molar refractivity (Wildman–Crippen MR) is 86.6 cm³/mol. The molecule has 2 aliphatic rings. The molecule has 1 saturated carbocycles. The average Bonchev–Trinajstić information content (AvgIpc) is 2.95. The first-order valence-electron chi connectivity index (χ1n) is 7.42. The standard InChI is InChI=1S/C15H20N2O2S2/c16-15(20)12-6-8-13(9-7-12)21(18,19)17-10-2-4-11-3-1-5-14(11)17/h6-9,11,14H,1-5,10H2,(H2,16,20). The first-order chi connectivity index (χ1) is 10.00. The summed E-state index contributed by atoms with van der Waals surface area (Å²) < 4.78 is 27.5. The molecule has 1 saturated heterocycles. The molecule has 6 heteroatoms. The highest BCUT2D eigenvalue weighted by Gasteiger charge is 2.41. The monoisotopic (exact) mass is 324 g/mol. The van der Waals surface area contributed by atoms with E-state index in [2.05, 4.69) is 0 Å². The maximum absolute atomic E-state index is 12.9. The molecule has 1 heterocycles. The molecule has 2 unspecified atom stereocenters. The quantitative estimate of drug-likeness (QED) is 0.867. The van der Waals surface area contributed by atoms with Crippen molar-refractivity contribution in [2.45, 2.75) is 43.0 Å². The number of sulfonamides is 1. The number of benzene rings is 1. The van der Waals surface area contributed by atoms with Crippen LogP contribution in [0, 0.1) is 5.92 Å². The van der Waals surface area contributed by atoms with Crippen LogP contribution in [0.5, 0.6) is 0 Å². The summed E-state index contributed by atoms with van der Waals surface area (Å²) in [5, 5.41) is 0. The van der Waals surface area contributed by atoms with Crippen LogP contribution in [0.3, 0.4) is 0 Å². The minimum atomic E-state index is -3.41. The Bertz CT molecular complexity index is 640. The number of thiocarbonyl (C=S) groups is 1. The highest BCUT2D eigenvalue weighted by atomic mass is 32.2. The van der Waals surface area contributed by atoms with Gasteiger partial charge in [0, 0.05) is 18.2 Å². The number of nitrogens with two attached hydrogens (primary N) is 1. The van der Waals surface area contributed by atoms with E-state index >= 15 is 0 Å². The summed E-state index contributed by atoms with van der Waals surface area (Å²) in [7, 11) is -3.41. The molecule has 4 nitrogen and oxygen atoms in total. The SMILES string of the molecule is NC(=S)c1ccc(S(=O)(=O)N2CCCC3CCCC32)cc1. The lowest BCUT2D eigenvalue weighted by atomic mass is 9.94. The van der Waals surface area contributed by atoms with Crippen LogP contribution in [0.15, 0.2) is 29.2 Å². The number of fused-ring (bicyclic) bond motifs is 1. The first kappa shape index (κ1) is 14.9. The fourth-order valence-electron chi connectivity index (χ4n) is 3.63. The third-order valence-corrected chi connectivity index (χ3v) is 6.86. The van der Waals surface area contributed by atoms with Crippen molar-refractivity contribution >= 4 is 27.2 Å². The van der Waals surface area contributed by atoms with Crippen molar-refractivity contribution in [2.24, 2.45) is 11.7 Å². The van der Waals surface area contributed by atoms with Crippen molar-refractivity contribution in [3.63, 3.8) is 0 Å². The molecule has 0 bridgehead atoms. The molecular weight excluding hydrogens is 304 g/mol. The van der Waals surface area contributed by atoms with Gasteiger partial charge in [0.25, 0.3) is 0 Å². The van der Waals surface area contributed by atoms with Crippen LogP contribution in [-0.4, -0.2) is 30.3 Å². The maximum atomic E-state index is 12.9. The summed E-state index contributed by atoms with van der Waals surface area (Å²) in [5.74, 6) is 0.546. The Morgan fingerprint density at radius 1 is 1.14 bits per heavy atom. The number of nitrogens with zero attached hydrogens (tertiary/aromatic N) is 1. The van der Waals surface area contributed by atoms with Gasteiger partial charge in [0.05, 0.1) is 4.90 Å². The summed E-state index contributed by atoms with van der Waals surface area (Å²) in [6, 6.07) is 6.79. The van der Waals surface area contributed by atoms with Crippen molar-refractivity contribution in [3.8, 4) is 0 Å². The molecule has 2 fully saturated rings. The van der Waals surface area contributed by atoms with Crippen LogP contribution in [0.25, 0.3) is 0 Å². The van der Waals surface area contributed by atoms with Crippen LogP contribution in [0.1, 0.15) is 37.7 Å². The summed E-state index contributed by atoms with van der Waals surface area (Å²) in [6.45, 7) is 0.639. The number of hydrogen-bond donors (Lipinski definition) is 1. The highest BCUT2D eigenvalue weighted by Crippen LogP contribution is 2.39. The number of piperidine rings is 1. The zero-order valence-electron chi connectivity index (χ0n) is 11.9. The highest BCUT2D eigenvalue weighted by molar-refractivity contribution is 7.89. The molecular formula is C15H20N2O2S2. The molecule has 1 aliphatic heterocycles. The van der Waals surface area contributed by atoms with Crippen LogP contribution in [0.2, 0.25) is 0 Å². The number of hydrogen-bond acceptors (Lipinski definition) is 3. The predicted octanol–water partition coefficient (Wildman–Crippen LogP) is 2.27. The van der Waals surface area contributed by atoms with E-state index in [1.807, 2.05) is 0 Å². The Balaban J connectivity index is 1.90. The van der Waals surface area contributed by atoms with Crippen molar-refractivity contribution in [3.05, 3.63) is 29.8 Å².